The first-order valence-corrected chi connectivity index (χ1v) is 8.86. The second-order valence-electron chi connectivity index (χ2n) is 6.32. The predicted molar refractivity (Wildman–Crippen MR) is 105 cm³/mol. The van der Waals surface area contributed by atoms with E-state index in [1.54, 1.807) is 36.4 Å². The van der Waals surface area contributed by atoms with E-state index < -0.39 is 5.97 Å². The lowest BCUT2D eigenvalue weighted by atomic mass is 10.0. The molecule has 27 heavy (non-hydrogen) atoms. The molecule has 0 aliphatic rings. The minimum Gasteiger partial charge on any atom is -0.481 e. The maximum absolute atomic E-state index is 12.4. The Morgan fingerprint density at radius 3 is 2.19 bits per heavy atom. The number of carbonyl (C=O) groups excluding carboxylic acids is 2. The third-order valence-corrected chi connectivity index (χ3v) is 4.24. The number of anilines is 1. The summed E-state index contributed by atoms with van der Waals surface area (Å²) in [5.41, 5.74) is 2.33. The van der Waals surface area contributed by atoms with Crippen LogP contribution in [0, 0.1) is 0 Å². The molecule has 142 valence electrons. The Kier molecular flexibility index (Phi) is 6.96. The molecule has 3 N–H and O–H groups in total. The number of carbonyl (C=O) groups is 3. The van der Waals surface area contributed by atoms with Gasteiger partial charge in [0.15, 0.2) is 0 Å². The topological polar surface area (TPSA) is 95.5 Å². The fourth-order valence-corrected chi connectivity index (χ4v) is 2.83. The summed E-state index contributed by atoms with van der Waals surface area (Å²) >= 11 is 6.23. The van der Waals surface area contributed by atoms with Gasteiger partial charge in [0.05, 0.1) is 6.42 Å². The van der Waals surface area contributed by atoms with E-state index in [9.17, 15) is 14.4 Å². The molecule has 2 rings (SSSR count). The van der Waals surface area contributed by atoms with Crippen LogP contribution in [0.3, 0.4) is 0 Å². The average molecular weight is 389 g/mol. The van der Waals surface area contributed by atoms with Crippen molar-refractivity contribution in [3.05, 3.63) is 64.2 Å². The van der Waals surface area contributed by atoms with Gasteiger partial charge in [-0.25, -0.2) is 0 Å². The molecule has 0 bridgehead atoms. The number of rotatable bonds is 7. The summed E-state index contributed by atoms with van der Waals surface area (Å²) in [6.45, 7) is 4.11. The summed E-state index contributed by atoms with van der Waals surface area (Å²) in [6.07, 6.45) is -0.141. The number of nitrogens with one attached hydrogen (secondary N) is 2. The highest BCUT2D eigenvalue weighted by Crippen LogP contribution is 2.25. The minimum absolute atomic E-state index is 0.0553. The largest absolute Gasteiger partial charge is 0.481 e. The first-order chi connectivity index (χ1) is 12.8. The Hall–Kier alpha value is -2.86. The van der Waals surface area contributed by atoms with Gasteiger partial charge in [-0.15, -0.1) is 0 Å². The van der Waals surface area contributed by atoms with Crippen molar-refractivity contribution in [1.82, 2.24) is 5.32 Å². The number of halogens is 1. The minimum atomic E-state index is -0.977. The Bertz CT molecular complexity index is 848. The molecule has 6 nitrogen and oxygen atoms in total. The van der Waals surface area contributed by atoms with Crippen LogP contribution in [0.2, 0.25) is 5.02 Å². The van der Waals surface area contributed by atoms with E-state index in [2.05, 4.69) is 10.6 Å². The molecule has 0 aliphatic carbocycles. The van der Waals surface area contributed by atoms with E-state index in [0.29, 0.717) is 21.8 Å². The number of aliphatic carboxylic acids is 1. The summed E-state index contributed by atoms with van der Waals surface area (Å²) in [5, 5.41) is 14.4. The Morgan fingerprint density at radius 2 is 1.63 bits per heavy atom. The summed E-state index contributed by atoms with van der Waals surface area (Å²) in [4.78, 5) is 34.7. The lowest BCUT2D eigenvalue weighted by molar-refractivity contribution is -0.136. The van der Waals surface area contributed by atoms with Gasteiger partial charge in [0.1, 0.15) is 0 Å². The highest BCUT2D eigenvalue weighted by atomic mass is 35.5. The van der Waals surface area contributed by atoms with Crippen LogP contribution in [0.25, 0.3) is 0 Å². The Morgan fingerprint density at radius 1 is 1.00 bits per heavy atom. The van der Waals surface area contributed by atoms with E-state index in [1.165, 1.54) is 0 Å². The number of carboxylic acids is 1. The van der Waals surface area contributed by atoms with Gasteiger partial charge in [0.2, 0.25) is 0 Å². The van der Waals surface area contributed by atoms with Crippen LogP contribution in [0.4, 0.5) is 5.69 Å². The lowest BCUT2D eigenvalue weighted by Crippen LogP contribution is -2.25. The maximum atomic E-state index is 12.4. The van der Waals surface area contributed by atoms with E-state index in [0.717, 1.165) is 5.56 Å². The van der Waals surface area contributed by atoms with Crippen molar-refractivity contribution < 1.29 is 19.5 Å². The summed E-state index contributed by atoms with van der Waals surface area (Å²) in [7, 11) is 0. The molecule has 0 atom stereocenters. The second-order valence-corrected chi connectivity index (χ2v) is 6.73. The maximum Gasteiger partial charge on any atom is 0.305 e. The van der Waals surface area contributed by atoms with Crippen molar-refractivity contribution in [2.45, 2.75) is 26.2 Å². The van der Waals surface area contributed by atoms with Crippen molar-refractivity contribution in [1.29, 1.82) is 0 Å². The van der Waals surface area contributed by atoms with Gasteiger partial charge in [-0.3, -0.25) is 14.4 Å². The number of amides is 2. The van der Waals surface area contributed by atoms with Crippen molar-refractivity contribution in [2.75, 3.05) is 11.9 Å². The average Bonchev–Trinajstić information content (AvgIpc) is 2.61. The van der Waals surface area contributed by atoms with Crippen LogP contribution >= 0.6 is 11.6 Å². The highest BCUT2D eigenvalue weighted by Gasteiger charge is 2.12. The SMILES string of the molecule is CC(C)c1ccc(C(=O)Nc2ccc(C(=O)NCCC(=O)O)cc2)cc1Cl. The molecule has 7 heteroatoms. The zero-order valence-corrected chi connectivity index (χ0v) is 15.8. The van der Waals surface area contributed by atoms with E-state index >= 15 is 0 Å². The zero-order valence-electron chi connectivity index (χ0n) is 15.1. The van der Waals surface area contributed by atoms with Gasteiger partial charge in [-0.1, -0.05) is 31.5 Å². The molecule has 0 radical (unpaired) electrons. The standard InChI is InChI=1S/C20H21ClN2O4/c1-12(2)16-8-5-14(11-17(16)21)20(27)23-15-6-3-13(4-7-15)19(26)22-10-9-18(24)25/h3-8,11-12H,9-10H2,1-2H3,(H,22,26)(H,23,27)(H,24,25). The highest BCUT2D eigenvalue weighted by molar-refractivity contribution is 6.32. The Balaban J connectivity index is 1.99. The lowest BCUT2D eigenvalue weighted by Gasteiger charge is -2.11. The fraction of sp³-hybridized carbons (Fsp3) is 0.250. The second kappa shape index (κ2) is 9.19. The quantitative estimate of drug-likeness (QED) is 0.669. The first kappa shape index (κ1) is 20.5. The third-order valence-electron chi connectivity index (χ3n) is 3.91. The fourth-order valence-electron chi connectivity index (χ4n) is 2.43. The molecule has 0 aromatic heterocycles. The van der Waals surface area contributed by atoms with Gasteiger partial charge in [0, 0.05) is 28.4 Å². The Labute approximate surface area is 162 Å². The van der Waals surface area contributed by atoms with Gasteiger partial charge in [-0.05, 0) is 47.9 Å². The molecule has 0 heterocycles. The molecule has 0 unspecified atom stereocenters. The summed E-state index contributed by atoms with van der Waals surface area (Å²) in [6, 6.07) is 11.5. The van der Waals surface area contributed by atoms with Gasteiger partial charge in [-0.2, -0.15) is 0 Å². The van der Waals surface area contributed by atoms with Crippen LogP contribution in [-0.2, 0) is 4.79 Å². The van der Waals surface area contributed by atoms with Crippen LogP contribution in [0.1, 0.15) is 52.5 Å². The van der Waals surface area contributed by atoms with E-state index in [-0.39, 0.29) is 30.7 Å². The van der Waals surface area contributed by atoms with Crippen molar-refractivity contribution in [3.63, 3.8) is 0 Å². The van der Waals surface area contributed by atoms with E-state index in [1.807, 2.05) is 19.9 Å². The number of carboxylic acid groups (broad SMARTS) is 1. The number of benzene rings is 2. The number of hydrogen-bond donors (Lipinski definition) is 3. The molecule has 0 saturated carbocycles. The molecule has 0 fully saturated rings. The molecular formula is C20H21ClN2O4. The van der Waals surface area contributed by atoms with Gasteiger partial charge in [0.25, 0.3) is 11.8 Å². The molecule has 2 aromatic rings. The van der Waals surface area contributed by atoms with Crippen LogP contribution in [0.15, 0.2) is 42.5 Å². The molecule has 2 aromatic carbocycles. The van der Waals surface area contributed by atoms with Crippen molar-refractivity contribution >= 4 is 35.1 Å². The van der Waals surface area contributed by atoms with E-state index in [4.69, 9.17) is 16.7 Å². The summed E-state index contributed by atoms with van der Waals surface area (Å²) < 4.78 is 0. The molecule has 2 amide bonds. The van der Waals surface area contributed by atoms with Gasteiger partial charge >= 0.3 is 5.97 Å². The summed E-state index contributed by atoms with van der Waals surface area (Å²) in [5.74, 6) is -1.38. The predicted octanol–water partition coefficient (Wildman–Crippen LogP) is 3.92. The van der Waals surface area contributed by atoms with Gasteiger partial charge < -0.3 is 15.7 Å². The van der Waals surface area contributed by atoms with Crippen molar-refractivity contribution in [3.8, 4) is 0 Å². The van der Waals surface area contributed by atoms with Crippen LogP contribution in [-0.4, -0.2) is 29.4 Å². The first-order valence-electron chi connectivity index (χ1n) is 8.48. The normalized spacial score (nSPS) is 10.5. The van der Waals surface area contributed by atoms with Crippen molar-refractivity contribution in [2.24, 2.45) is 0 Å². The molecular weight excluding hydrogens is 368 g/mol. The molecule has 0 aliphatic heterocycles. The van der Waals surface area contributed by atoms with Crippen LogP contribution < -0.4 is 10.6 Å². The monoisotopic (exact) mass is 388 g/mol. The third kappa shape index (κ3) is 5.82. The zero-order chi connectivity index (χ0) is 20.0. The van der Waals surface area contributed by atoms with Crippen LogP contribution in [0.5, 0.6) is 0 Å². The smallest absolute Gasteiger partial charge is 0.305 e. The molecule has 0 saturated heterocycles. The molecule has 0 spiro atoms. The number of hydrogen-bond acceptors (Lipinski definition) is 3.